The van der Waals surface area contributed by atoms with Gasteiger partial charge < -0.3 is 4.74 Å². The molecule has 0 bridgehead atoms. The molecule has 1 aromatic heterocycles. The summed E-state index contributed by atoms with van der Waals surface area (Å²) in [7, 11) is -3.39. The molecule has 3 aromatic carbocycles. The van der Waals surface area contributed by atoms with Crippen LogP contribution in [0.4, 0.5) is 4.39 Å². The predicted molar refractivity (Wildman–Crippen MR) is 135 cm³/mol. The van der Waals surface area contributed by atoms with E-state index in [4.69, 9.17) is 4.74 Å². The molecule has 3 aliphatic rings. The van der Waals surface area contributed by atoms with Crippen LogP contribution in [-0.4, -0.2) is 54.1 Å². The summed E-state index contributed by atoms with van der Waals surface area (Å²) in [6.07, 6.45) is 1.84. The minimum atomic E-state index is -3.39. The first-order chi connectivity index (χ1) is 17.4. The second kappa shape index (κ2) is 7.71. The number of hydrogen-bond donors (Lipinski definition) is 0. The summed E-state index contributed by atoms with van der Waals surface area (Å²) >= 11 is 0. The van der Waals surface area contributed by atoms with Gasteiger partial charge >= 0.3 is 0 Å². The number of benzene rings is 3. The minimum Gasteiger partial charge on any atom is -0.378 e. The highest BCUT2D eigenvalue weighted by Gasteiger charge is 2.72. The molecule has 6 nitrogen and oxygen atoms in total. The lowest BCUT2D eigenvalue weighted by Gasteiger charge is -2.32. The monoisotopic (exact) mass is 503 g/mol. The van der Waals surface area contributed by atoms with Gasteiger partial charge in [-0.05, 0) is 65.9 Å². The Bertz CT molecular complexity index is 1580. The van der Waals surface area contributed by atoms with E-state index in [-0.39, 0.29) is 36.3 Å². The van der Waals surface area contributed by atoms with E-state index in [1.807, 2.05) is 16.9 Å². The van der Waals surface area contributed by atoms with E-state index >= 15 is 0 Å². The van der Waals surface area contributed by atoms with Gasteiger partial charge in [0.05, 0.1) is 30.6 Å². The topological polar surface area (TPSA) is 64.4 Å². The Morgan fingerprint density at radius 2 is 1.81 bits per heavy atom. The molecule has 7 rings (SSSR count). The van der Waals surface area contributed by atoms with Crippen molar-refractivity contribution >= 4 is 20.9 Å². The van der Waals surface area contributed by atoms with Crippen molar-refractivity contribution in [1.82, 2.24) is 14.1 Å². The van der Waals surface area contributed by atoms with E-state index < -0.39 is 15.3 Å². The van der Waals surface area contributed by atoms with Gasteiger partial charge in [0, 0.05) is 29.8 Å². The Hall–Kier alpha value is -3.07. The number of aryl methyl sites for hydroxylation is 1. The third kappa shape index (κ3) is 3.07. The number of piperidine rings is 1. The smallest absolute Gasteiger partial charge is 0.221 e. The van der Waals surface area contributed by atoms with Gasteiger partial charge in [-0.25, -0.2) is 21.8 Å². The molecule has 3 heterocycles. The number of hydrogen-bond acceptors (Lipinski definition) is 4. The first-order valence-corrected chi connectivity index (χ1v) is 13.8. The van der Waals surface area contributed by atoms with E-state index in [1.54, 1.807) is 16.4 Å². The van der Waals surface area contributed by atoms with Crippen LogP contribution in [-0.2, 0) is 20.2 Å². The van der Waals surface area contributed by atoms with Gasteiger partial charge in [0.25, 0.3) is 0 Å². The van der Waals surface area contributed by atoms with Crippen LogP contribution in [0.2, 0.25) is 0 Å². The van der Waals surface area contributed by atoms with Crippen molar-refractivity contribution in [2.75, 3.05) is 26.3 Å². The molecule has 4 aromatic rings. The van der Waals surface area contributed by atoms with Crippen LogP contribution in [0.1, 0.15) is 22.6 Å². The summed E-state index contributed by atoms with van der Waals surface area (Å²) in [6.45, 7) is 3.68. The lowest BCUT2D eigenvalue weighted by molar-refractivity contribution is 0.0393. The molecule has 0 unspecified atom stereocenters. The van der Waals surface area contributed by atoms with Crippen molar-refractivity contribution in [2.24, 2.45) is 5.92 Å². The molecule has 2 aliphatic heterocycles. The third-order valence-electron chi connectivity index (χ3n) is 8.38. The number of ether oxygens (including phenoxy) is 1. The van der Waals surface area contributed by atoms with Crippen LogP contribution in [0.25, 0.3) is 16.6 Å². The van der Waals surface area contributed by atoms with Gasteiger partial charge in [-0.3, -0.25) is 0 Å². The van der Waals surface area contributed by atoms with Crippen LogP contribution >= 0.6 is 0 Å². The molecule has 3 atom stereocenters. The Labute approximate surface area is 209 Å². The van der Waals surface area contributed by atoms with Crippen molar-refractivity contribution in [3.63, 3.8) is 0 Å². The predicted octanol–water partition coefficient (Wildman–Crippen LogP) is 4.17. The second-order valence-corrected chi connectivity index (χ2v) is 12.5. The number of nitrogens with zero attached hydrogens (tertiary/aromatic N) is 3. The van der Waals surface area contributed by atoms with Gasteiger partial charge in [0.2, 0.25) is 10.0 Å². The SMILES string of the molecule is Cc1cc2c(cnn2-c2ccc(F)cc2)cc1[C@@]12CN(S(=O)(=O)C3COC3)C[C@@H]1[C@H]2c1ccccc1. The Morgan fingerprint density at radius 3 is 2.50 bits per heavy atom. The van der Waals surface area contributed by atoms with E-state index in [0.717, 1.165) is 22.2 Å². The molecule has 0 spiro atoms. The normalized spacial score (nSPS) is 26.2. The summed E-state index contributed by atoms with van der Waals surface area (Å²) in [5.74, 6) is 0.207. The maximum absolute atomic E-state index is 13.5. The van der Waals surface area contributed by atoms with Crippen LogP contribution in [0.15, 0.2) is 72.9 Å². The third-order valence-corrected chi connectivity index (χ3v) is 10.5. The van der Waals surface area contributed by atoms with Crippen molar-refractivity contribution in [3.05, 3.63) is 95.4 Å². The average molecular weight is 504 g/mol. The molecule has 0 N–H and O–H groups in total. The number of sulfonamides is 1. The summed E-state index contributed by atoms with van der Waals surface area (Å²) in [4.78, 5) is 0. The van der Waals surface area contributed by atoms with Gasteiger partial charge in [-0.1, -0.05) is 30.3 Å². The highest BCUT2D eigenvalue weighted by Crippen LogP contribution is 2.70. The van der Waals surface area contributed by atoms with Crippen LogP contribution in [0.3, 0.4) is 0 Å². The second-order valence-electron chi connectivity index (χ2n) is 10.3. The lowest BCUT2D eigenvalue weighted by Crippen LogP contribution is -2.49. The Kier molecular flexibility index (Phi) is 4.75. The zero-order chi connectivity index (χ0) is 24.7. The molecule has 8 heteroatoms. The molecular weight excluding hydrogens is 477 g/mol. The molecule has 3 fully saturated rings. The molecule has 1 aliphatic carbocycles. The molecular formula is C28H26FN3O3S. The summed E-state index contributed by atoms with van der Waals surface area (Å²) < 4.78 is 48.8. The molecule has 2 saturated heterocycles. The fraction of sp³-hybridized carbons (Fsp3) is 0.321. The van der Waals surface area contributed by atoms with Crippen molar-refractivity contribution in [1.29, 1.82) is 0 Å². The number of aromatic nitrogens is 2. The van der Waals surface area contributed by atoms with Gasteiger partial charge in [-0.2, -0.15) is 5.10 Å². The maximum Gasteiger partial charge on any atom is 0.221 e. The zero-order valence-electron chi connectivity index (χ0n) is 19.8. The van der Waals surface area contributed by atoms with Gasteiger partial charge in [-0.15, -0.1) is 0 Å². The van der Waals surface area contributed by atoms with E-state index in [1.165, 1.54) is 23.3 Å². The average Bonchev–Trinajstić information content (AvgIpc) is 3.10. The van der Waals surface area contributed by atoms with Gasteiger partial charge in [0.1, 0.15) is 11.1 Å². The molecule has 0 amide bonds. The number of halogens is 1. The summed E-state index contributed by atoms with van der Waals surface area (Å²) in [6, 6.07) is 21.1. The highest BCUT2D eigenvalue weighted by atomic mass is 32.2. The van der Waals surface area contributed by atoms with E-state index in [2.05, 4.69) is 48.4 Å². The van der Waals surface area contributed by atoms with Crippen LogP contribution in [0.5, 0.6) is 0 Å². The fourth-order valence-electron chi connectivity index (χ4n) is 6.48. The van der Waals surface area contributed by atoms with Crippen molar-refractivity contribution < 1.29 is 17.5 Å². The quantitative estimate of drug-likeness (QED) is 0.410. The molecule has 1 saturated carbocycles. The number of rotatable bonds is 5. The zero-order valence-corrected chi connectivity index (χ0v) is 20.7. The highest BCUT2D eigenvalue weighted by molar-refractivity contribution is 7.89. The Morgan fingerprint density at radius 1 is 1.06 bits per heavy atom. The molecule has 0 radical (unpaired) electrons. The van der Waals surface area contributed by atoms with E-state index in [9.17, 15) is 12.8 Å². The van der Waals surface area contributed by atoms with Crippen molar-refractivity contribution in [3.8, 4) is 5.69 Å². The largest absolute Gasteiger partial charge is 0.378 e. The fourth-order valence-corrected chi connectivity index (χ4v) is 8.20. The maximum atomic E-state index is 13.5. The van der Waals surface area contributed by atoms with Crippen LogP contribution in [0, 0.1) is 18.7 Å². The van der Waals surface area contributed by atoms with E-state index in [0.29, 0.717) is 13.1 Å². The van der Waals surface area contributed by atoms with Crippen LogP contribution < -0.4 is 0 Å². The minimum absolute atomic E-state index is 0.221. The standard InChI is InChI=1S/C28H26FN3O3S/c1-18-11-26-20(13-30-32(26)22-9-7-21(29)8-10-22)12-24(18)28-17-31(36(33,34)23-15-35-16-23)14-25(28)27(28)19-5-3-2-4-6-19/h2-13,23,25,27H,14-17H2,1H3/t25-,27-,28+/m1/s1. The lowest BCUT2D eigenvalue weighted by atomic mass is 9.87. The first-order valence-electron chi connectivity index (χ1n) is 12.3. The summed E-state index contributed by atoms with van der Waals surface area (Å²) in [5.41, 5.74) is 5.03. The van der Waals surface area contributed by atoms with Crippen molar-refractivity contribution in [2.45, 2.75) is 23.5 Å². The summed E-state index contributed by atoms with van der Waals surface area (Å²) in [5, 5.41) is 5.14. The van der Waals surface area contributed by atoms with Gasteiger partial charge in [0.15, 0.2) is 0 Å². The first kappa shape index (κ1) is 22.2. The molecule has 36 heavy (non-hydrogen) atoms. The molecule has 184 valence electrons. The number of fused-ring (bicyclic) bond motifs is 2. The Balaban J connectivity index is 1.32.